The van der Waals surface area contributed by atoms with Crippen LogP contribution in [0.1, 0.15) is 22.6 Å². The van der Waals surface area contributed by atoms with Crippen LogP contribution in [-0.2, 0) is 0 Å². The van der Waals surface area contributed by atoms with Crippen molar-refractivity contribution in [3.8, 4) is 35.2 Å². The number of aromatic nitrogens is 3. The SMILES string of the molecule is COc1ccc(C#Cc2nc[nH]c2C#Cc2ccccn2)cc1OC. The van der Waals surface area contributed by atoms with Gasteiger partial charge in [-0.3, -0.25) is 0 Å². The van der Waals surface area contributed by atoms with Gasteiger partial charge in [0.15, 0.2) is 11.5 Å². The first-order chi connectivity index (χ1) is 12.3. The van der Waals surface area contributed by atoms with Crippen LogP contribution in [0.3, 0.4) is 0 Å². The molecular weight excluding hydrogens is 314 g/mol. The zero-order valence-electron chi connectivity index (χ0n) is 13.8. The van der Waals surface area contributed by atoms with E-state index in [9.17, 15) is 0 Å². The third-order valence-electron chi connectivity index (χ3n) is 3.33. The van der Waals surface area contributed by atoms with Crippen molar-refractivity contribution in [1.82, 2.24) is 15.0 Å². The summed E-state index contributed by atoms with van der Waals surface area (Å²) >= 11 is 0. The summed E-state index contributed by atoms with van der Waals surface area (Å²) in [7, 11) is 3.19. The summed E-state index contributed by atoms with van der Waals surface area (Å²) in [5.41, 5.74) is 2.72. The fraction of sp³-hybridized carbons (Fsp3) is 0.100. The Hall–Kier alpha value is -3.70. The van der Waals surface area contributed by atoms with Crippen molar-refractivity contribution >= 4 is 0 Å². The van der Waals surface area contributed by atoms with Crippen molar-refractivity contribution in [2.45, 2.75) is 0 Å². The molecule has 25 heavy (non-hydrogen) atoms. The number of pyridine rings is 1. The second-order valence-corrected chi connectivity index (χ2v) is 4.91. The maximum atomic E-state index is 5.28. The highest BCUT2D eigenvalue weighted by Gasteiger charge is 2.03. The molecule has 122 valence electrons. The third-order valence-corrected chi connectivity index (χ3v) is 3.33. The molecule has 0 aliphatic rings. The lowest BCUT2D eigenvalue weighted by Crippen LogP contribution is -1.90. The fourth-order valence-electron chi connectivity index (χ4n) is 2.09. The molecule has 0 aliphatic carbocycles. The summed E-state index contributed by atoms with van der Waals surface area (Å²) in [6.07, 6.45) is 3.27. The van der Waals surface area contributed by atoms with Crippen LogP contribution in [0.2, 0.25) is 0 Å². The molecule has 3 aromatic rings. The lowest BCUT2D eigenvalue weighted by atomic mass is 10.2. The number of H-pyrrole nitrogens is 1. The molecule has 0 radical (unpaired) electrons. The van der Waals surface area contributed by atoms with Crippen molar-refractivity contribution in [3.63, 3.8) is 0 Å². The standard InChI is InChI=1S/C20H15N3O2/c1-24-19-11-7-15(13-20(19)25-2)6-9-17-18(23-14-22-17)10-8-16-5-3-4-12-21-16/h3-5,7,11-14H,1-2H3,(H,22,23). The zero-order chi connectivity index (χ0) is 17.5. The van der Waals surface area contributed by atoms with Crippen LogP contribution < -0.4 is 9.47 Å². The Morgan fingerprint density at radius 2 is 1.76 bits per heavy atom. The quantitative estimate of drug-likeness (QED) is 0.734. The van der Waals surface area contributed by atoms with Crippen LogP contribution in [0.25, 0.3) is 0 Å². The highest BCUT2D eigenvalue weighted by Crippen LogP contribution is 2.27. The third kappa shape index (κ3) is 3.99. The van der Waals surface area contributed by atoms with Crippen LogP contribution in [-0.4, -0.2) is 29.2 Å². The summed E-state index contributed by atoms with van der Waals surface area (Å²) in [5.74, 6) is 13.4. The van der Waals surface area contributed by atoms with Gasteiger partial charge in [-0.1, -0.05) is 12.0 Å². The number of aromatic amines is 1. The predicted octanol–water partition coefficient (Wildman–Crippen LogP) is 2.62. The Bertz CT molecular complexity index is 986. The first-order valence-corrected chi connectivity index (χ1v) is 7.50. The van der Waals surface area contributed by atoms with E-state index in [1.807, 2.05) is 36.4 Å². The number of hydrogen-bond donors (Lipinski definition) is 1. The number of ether oxygens (including phenoxy) is 2. The van der Waals surface area contributed by atoms with E-state index < -0.39 is 0 Å². The summed E-state index contributed by atoms with van der Waals surface area (Å²) in [5, 5.41) is 0. The number of benzene rings is 1. The maximum Gasteiger partial charge on any atom is 0.161 e. The smallest absolute Gasteiger partial charge is 0.161 e. The first-order valence-electron chi connectivity index (χ1n) is 7.50. The normalized spacial score (nSPS) is 9.36. The Labute approximate surface area is 146 Å². The molecule has 2 aromatic heterocycles. The highest BCUT2D eigenvalue weighted by molar-refractivity contribution is 5.52. The van der Waals surface area contributed by atoms with Crippen LogP contribution in [0.5, 0.6) is 11.5 Å². The lowest BCUT2D eigenvalue weighted by Gasteiger charge is -2.06. The second kappa shape index (κ2) is 7.72. The van der Waals surface area contributed by atoms with Gasteiger partial charge in [0.05, 0.1) is 20.5 Å². The average Bonchev–Trinajstić information content (AvgIpc) is 3.12. The van der Waals surface area contributed by atoms with Gasteiger partial charge in [-0.05, 0) is 48.1 Å². The fourth-order valence-corrected chi connectivity index (χ4v) is 2.09. The number of nitrogens with zero attached hydrogens (tertiary/aromatic N) is 2. The average molecular weight is 329 g/mol. The Morgan fingerprint density at radius 3 is 2.52 bits per heavy atom. The van der Waals surface area contributed by atoms with Gasteiger partial charge < -0.3 is 14.5 Å². The van der Waals surface area contributed by atoms with E-state index in [0.717, 1.165) is 5.56 Å². The first kappa shape index (κ1) is 16.2. The van der Waals surface area contributed by atoms with Crippen LogP contribution in [0, 0.1) is 23.7 Å². The molecule has 0 saturated carbocycles. The van der Waals surface area contributed by atoms with Gasteiger partial charge in [0.2, 0.25) is 0 Å². The van der Waals surface area contributed by atoms with Crippen LogP contribution in [0.15, 0.2) is 48.9 Å². The van der Waals surface area contributed by atoms with Gasteiger partial charge in [0.1, 0.15) is 17.1 Å². The van der Waals surface area contributed by atoms with E-state index in [-0.39, 0.29) is 0 Å². The molecule has 0 amide bonds. The van der Waals surface area contributed by atoms with Gasteiger partial charge in [0, 0.05) is 11.8 Å². The molecule has 3 rings (SSSR count). The lowest BCUT2D eigenvalue weighted by molar-refractivity contribution is 0.355. The molecule has 0 saturated heterocycles. The number of nitrogens with one attached hydrogen (secondary N) is 1. The van der Waals surface area contributed by atoms with E-state index in [4.69, 9.17) is 9.47 Å². The van der Waals surface area contributed by atoms with Gasteiger partial charge in [-0.25, -0.2) is 9.97 Å². The summed E-state index contributed by atoms with van der Waals surface area (Å²) < 4.78 is 10.5. The monoisotopic (exact) mass is 329 g/mol. The Kier molecular flexibility index (Phi) is 4.99. The van der Waals surface area contributed by atoms with Crippen molar-refractivity contribution in [2.24, 2.45) is 0 Å². The number of methoxy groups -OCH3 is 2. The molecule has 0 fully saturated rings. The highest BCUT2D eigenvalue weighted by atomic mass is 16.5. The van der Waals surface area contributed by atoms with Gasteiger partial charge in [-0.2, -0.15) is 0 Å². The summed E-state index contributed by atoms with van der Waals surface area (Å²) in [6.45, 7) is 0. The molecule has 5 heteroatoms. The molecule has 0 bridgehead atoms. The van der Waals surface area contributed by atoms with E-state index in [2.05, 4.69) is 38.6 Å². The number of imidazole rings is 1. The van der Waals surface area contributed by atoms with Gasteiger partial charge in [-0.15, -0.1) is 0 Å². The zero-order valence-corrected chi connectivity index (χ0v) is 13.8. The van der Waals surface area contributed by atoms with Crippen LogP contribution in [0.4, 0.5) is 0 Å². The minimum Gasteiger partial charge on any atom is -0.493 e. The van der Waals surface area contributed by atoms with E-state index in [1.54, 1.807) is 26.7 Å². The van der Waals surface area contributed by atoms with E-state index in [0.29, 0.717) is 28.6 Å². The summed E-state index contributed by atoms with van der Waals surface area (Å²) in [4.78, 5) is 11.4. The molecule has 0 unspecified atom stereocenters. The molecule has 0 spiro atoms. The van der Waals surface area contributed by atoms with E-state index >= 15 is 0 Å². The number of rotatable bonds is 2. The van der Waals surface area contributed by atoms with Crippen molar-refractivity contribution < 1.29 is 9.47 Å². The van der Waals surface area contributed by atoms with E-state index in [1.165, 1.54) is 0 Å². The van der Waals surface area contributed by atoms with Crippen molar-refractivity contribution in [1.29, 1.82) is 0 Å². The molecule has 5 nitrogen and oxygen atoms in total. The molecule has 2 heterocycles. The minimum absolute atomic E-state index is 0.582. The molecule has 1 N–H and O–H groups in total. The molecule has 1 aromatic carbocycles. The second-order valence-electron chi connectivity index (χ2n) is 4.91. The van der Waals surface area contributed by atoms with Gasteiger partial charge >= 0.3 is 0 Å². The van der Waals surface area contributed by atoms with Crippen LogP contribution >= 0.6 is 0 Å². The largest absolute Gasteiger partial charge is 0.493 e. The Balaban J connectivity index is 1.86. The molecule has 0 atom stereocenters. The molecule has 0 aliphatic heterocycles. The minimum atomic E-state index is 0.582. The van der Waals surface area contributed by atoms with Gasteiger partial charge in [0.25, 0.3) is 0 Å². The summed E-state index contributed by atoms with van der Waals surface area (Å²) in [6, 6.07) is 11.1. The van der Waals surface area contributed by atoms with Crippen molar-refractivity contribution in [2.75, 3.05) is 14.2 Å². The maximum absolute atomic E-state index is 5.28. The van der Waals surface area contributed by atoms with Crippen molar-refractivity contribution in [3.05, 3.63) is 71.6 Å². The topological polar surface area (TPSA) is 60.0 Å². The Morgan fingerprint density at radius 1 is 0.880 bits per heavy atom. The number of hydrogen-bond acceptors (Lipinski definition) is 4. The molecular formula is C20H15N3O2. The predicted molar refractivity (Wildman–Crippen MR) is 94.3 cm³/mol.